The van der Waals surface area contributed by atoms with Crippen molar-refractivity contribution in [2.75, 3.05) is 7.11 Å². The molecule has 0 aliphatic heterocycles. The van der Waals surface area contributed by atoms with Gasteiger partial charge in [0.1, 0.15) is 5.75 Å². The minimum Gasteiger partial charge on any atom is -0.497 e. The summed E-state index contributed by atoms with van der Waals surface area (Å²) in [4.78, 5) is 4.75. The van der Waals surface area contributed by atoms with Crippen molar-refractivity contribution in [2.45, 2.75) is 0 Å². The molecule has 0 aliphatic carbocycles. The van der Waals surface area contributed by atoms with Gasteiger partial charge in [-0.05, 0) is 42.0 Å². The van der Waals surface area contributed by atoms with E-state index in [-0.39, 0.29) is 0 Å². The standard InChI is InChI=1S/C19H16ClN3O/c1-22-18(13-6-8-16(24-2)9-7-13)12-23-11-17(21-19(22)23)14-4-3-5-15(20)10-14/h3-12H,1-2H3. The second-order valence-electron chi connectivity index (χ2n) is 5.65. The zero-order valence-corrected chi connectivity index (χ0v) is 14.2. The van der Waals surface area contributed by atoms with Gasteiger partial charge in [0.2, 0.25) is 5.78 Å². The quantitative estimate of drug-likeness (QED) is 0.544. The molecule has 0 unspecified atom stereocenters. The van der Waals surface area contributed by atoms with E-state index >= 15 is 0 Å². The molecule has 0 N–H and O–H groups in total. The first kappa shape index (κ1) is 14.8. The molecule has 0 radical (unpaired) electrons. The second-order valence-corrected chi connectivity index (χ2v) is 6.08. The van der Waals surface area contributed by atoms with Crippen LogP contribution < -0.4 is 4.74 Å². The maximum absolute atomic E-state index is 6.08. The maximum Gasteiger partial charge on any atom is 0.214 e. The highest BCUT2D eigenvalue weighted by Crippen LogP contribution is 2.27. The van der Waals surface area contributed by atoms with Crippen LogP contribution in [0.1, 0.15) is 0 Å². The Morgan fingerprint density at radius 2 is 1.79 bits per heavy atom. The number of aromatic nitrogens is 3. The van der Waals surface area contributed by atoms with Gasteiger partial charge >= 0.3 is 0 Å². The Labute approximate surface area is 144 Å². The van der Waals surface area contributed by atoms with Crippen molar-refractivity contribution in [1.29, 1.82) is 0 Å². The molecule has 4 nitrogen and oxygen atoms in total. The van der Waals surface area contributed by atoms with Gasteiger partial charge in [-0.2, -0.15) is 0 Å². The fourth-order valence-corrected chi connectivity index (χ4v) is 3.06. The van der Waals surface area contributed by atoms with E-state index in [1.165, 1.54) is 0 Å². The summed E-state index contributed by atoms with van der Waals surface area (Å²) in [6, 6.07) is 15.8. The van der Waals surface area contributed by atoms with Crippen molar-refractivity contribution in [1.82, 2.24) is 14.0 Å². The number of hydrogen-bond acceptors (Lipinski definition) is 2. The number of hydrogen-bond donors (Lipinski definition) is 0. The SMILES string of the molecule is COc1ccc(-c2cn3cc(-c4cccc(Cl)c4)nc3n2C)cc1. The minimum atomic E-state index is 0.712. The molecule has 2 aromatic heterocycles. The number of nitrogens with zero attached hydrogens (tertiary/aromatic N) is 3. The molecule has 0 fully saturated rings. The Morgan fingerprint density at radius 1 is 1.00 bits per heavy atom. The summed E-state index contributed by atoms with van der Waals surface area (Å²) >= 11 is 6.08. The summed E-state index contributed by atoms with van der Waals surface area (Å²) in [5.41, 5.74) is 4.13. The summed E-state index contributed by atoms with van der Waals surface area (Å²) in [5, 5.41) is 0.712. The van der Waals surface area contributed by atoms with Crippen LogP contribution in [0.5, 0.6) is 5.75 Å². The summed E-state index contributed by atoms with van der Waals surface area (Å²) in [7, 11) is 3.69. The molecule has 0 bridgehead atoms. The van der Waals surface area contributed by atoms with Gasteiger partial charge in [-0.15, -0.1) is 0 Å². The molecular formula is C19H16ClN3O. The van der Waals surface area contributed by atoms with E-state index < -0.39 is 0 Å². The number of ether oxygens (including phenoxy) is 1. The lowest BCUT2D eigenvalue weighted by Gasteiger charge is -2.04. The van der Waals surface area contributed by atoms with Crippen LogP contribution in [0.15, 0.2) is 60.9 Å². The fourth-order valence-electron chi connectivity index (χ4n) is 2.87. The Morgan fingerprint density at radius 3 is 2.46 bits per heavy atom. The van der Waals surface area contributed by atoms with Crippen molar-refractivity contribution in [2.24, 2.45) is 7.05 Å². The molecule has 2 heterocycles. The van der Waals surface area contributed by atoms with Crippen LogP contribution in [0.3, 0.4) is 0 Å². The third-order valence-corrected chi connectivity index (χ3v) is 4.38. The predicted octanol–water partition coefficient (Wildman–Crippen LogP) is 4.67. The monoisotopic (exact) mass is 337 g/mol. The second kappa shape index (κ2) is 5.73. The van der Waals surface area contributed by atoms with Gasteiger partial charge in [0, 0.05) is 30.0 Å². The van der Waals surface area contributed by atoms with Gasteiger partial charge in [0.25, 0.3) is 0 Å². The van der Waals surface area contributed by atoms with Crippen molar-refractivity contribution >= 4 is 17.4 Å². The summed E-state index contributed by atoms with van der Waals surface area (Å²) in [6.45, 7) is 0. The molecule has 4 aromatic rings. The number of halogens is 1. The minimum absolute atomic E-state index is 0.712. The molecule has 24 heavy (non-hydrogen) atoms. The molecule has 0 saturated heterocycles. The molecule has 2 aromatic carbocycles. The molecule has 4 rings (SSSR count). The van der Waals surface area contributed by atoms with Gasteiger partial charge in [-0.25, -0.2) is 4.98 Å². The molecule has 0 amide bonds. The van der Waals surface area contributed by atoms with Gasteiger partial charge in [-0.3, -0.25) is 4.40 Å². The summed E-state index contributed by atoms with van der Waals surface area (Å²) in [6.07, 6.45) is 4.10. The van der Waals surface area contributed by atoms with E-state index in [1.54, 1.807) is 7.11 Å². The lowest BCUT2D eigenvalue weighted by molar-refractivity contribution is 0.415. The van der Waals surface area contributed by atoms with Crippen LogP contribution in [-0.4, -0.2) is 21.1 Å². The fraction of sp³-hybridized carbons (Fsp3) is 0.105. The van der Waals surface area contributed by atoms with Crippen LogP contribution in [0, 0.1) is 0 Å². The number of imidazole rings is 2. The summed E-state index contributed by atoms with van der Waals surface area (Å²) < 4.78 is 9.34. The van der Waals surface area contributed by atoms with Crippen molar-refractivity contribution in [3.05, 3.63) is 65.9 Å². The highest BCUT2D eigenvalue weighted by molar-refractivity contribution is 6.30. The van der Waals surface area contributed by atoms with Gasteiger partial charge in [0.05, 0.1) is 18.5 Å². The number of methoxy groups -OCH3 is 1. The molecule has 0 spiro atoms. The number of fused-ring (bicyclic) bond motifs is 1. The average Bonchev–Trinajstić information content (AvgIpc) is 3.15. The zero-order valence-electron chi connectivity index (χ0n) is 13.4. The molecule has 0 aliphatic rings. The lowest BCUT2D eigenvalue weighted by atomic mass is 10.1. The Hall–Kier alpha value is -2.72. The number of rotatable bonds is 3. The van der Waals surface area contributed by atoms with E-state index in [9.17, 15) is 0 Å². The van der Waals surface area contributed by atoms with E-state index in [0.29, 0.717) is 5.02 Å². The highest BCUT2D eigenvalue weighted by Gasteiger charge is 2.12. The zero-order chi connectivity index (χ0) is 16.7. The van der Waals surface area contributed by atoms with E-state index in [0.717, 1.165) is 34.0 Å². The molecule has 5 heteroatoms. The third-order valence-electron chi connectivity index (χ3n) is 4.14. The third kappa shape index (κ3) is 2.45. The van der Waals surface area contributed by atoms with Crippen molar-refractivity contribution < 1.29 is 4.74 Å². The molecule has 120 valence electrons. The number of aryl methyl sites for hydroxylation is 1. The van der Waals surface area contributed by atoms with Gasteiger partial charge in [-0.1, -0.05) is 23.7 Å². The molecular weight excluding hydrogens is 322 g/mol. The number of benzene rings is 2. The Balaban J connectivity index is 1.77. The Kier molecular flexibility index (Phi) is 3.54. The lowest BCUT2D eigenvalue weighted by Crippen LogP contribution is -1.93. The van der Waals surface area contributed by atoms with E-state index in [1.807, 2.05) is 66.2 Å². The van der Waals surface area contributed by atoms with Crippen LogP contribution in [0.2, 0.25) is 5.02 Å². The topological polar surface area (TPSA) is 31.5 Å². The van der Waals surface area contributed by atoms with Crippen molar-refractivity contribution in [3.63, 3.8) is 0 Å². The van der Waals surface area contributed by atoms with E-state index in [2.05, 4.69) is 10.8 Å². The molecule has 0 atom stereocenters. The van der Waals surface area contributed by atoms with Gasteiger partial charge < -0.3 is 9.30 Å². The van der Waals surface area contributed by atoms with Crippen LogP contribution >= 0.6 is 11.6 Å². The maximum atomic E-state index is 6.08. The van der Waals surface area contributed by atoms with Crippen LogP contribution in [0.25, 0.3) is 28.3 Å². The van der Waals surface area contributed by atoms with E-state index in [4.69, 9.17) is 21.3 Å². The first-order chi connectivity index (χ1) is 11.7. The molecule has 0 saturated carbocycles. The predicted molar refractivity (Wildman–Crippen MR) is 96.6 cm³/mol. The summed E-state index contributed by atoms with van der Waals surface area (Å²) in [5.74, 6) is 1.73. The Bertz CT molecular complexity index is 1010. The van der Waals surface area contributed by atoms with Crippen molar-refractivity contribution in [3.8, 4) is 28.3 Å². The van der Waals surface area contributed by atoms with Crippen LogP contribution in [0.4, 0.5) is 0 Å². The largest absolute Gasteiger partial charge is 0.497 e. The smallest absolute Gasteiger partial charge is 0.214 e. The first-order valence-electron chi connectivity index (χ1n) is 7.60. The normalized spacial score (nSPS) is 11.1. The average molecular weight is 338 g/mol. The van der Waals surface area contributed by atoms with Gasteiger partial charge in [0.15, 0.2) is 0 Å². The first-order valence-corrected chi connectivity index (χ1v) is 7.98. The highest BCUT2D eigenvalue weighted by atomic mass is 35.5. The van der Waals surface area contributed by atoms with Crippen LogP contribution in [-0.2, 0) is 7.05 Å².